The van der Waals surface area contributed by atoms with E-state index in [0.29, 0.717) is 0 Å². The molecule has 0 heterocycles. The molecule has 0 aliphatic rings. The first-order valence-electron chi connectivity index (χ1n) is 12.1. The quantitative estimate of drug-likeness (QED) is 0.170. The molecule has 0 N–H and O–H groups in total. The molecule has 0 saturated carbocycles. The van der Waals surface area contributed by atoms with Crippen molar-refractivity contribution >= 4 is 29.4 Å². The van der Waals surface area contributed by atoms with Gasteiger partial charge in [-0.05, 0) is 58.9 Å². The predicted octanol–water partition coefficient (Wildman–Crippen LogP) is 8.10. The lowest BCUT2D eigenvalue weighted by Gasteiger charge is -2.23. The van der Waals surface area contributed by atoms with Crippen LogP contribution in [0, 0.1) is 0 Å². The van der Waals surface area contributed by atoms with Crippen LogP contribution in [0.5, 0.6) is 0 Å². The van der Waals surface area contributed by atoms with Crippen LogP contribution >= 0.6 is 7.92 Å². The van der Waals surface area contributed by atoms with E-state index in [4.69, 9.17) is 0 Å². The Morgan fingerprint density at radius 3 is 1.79 bits per heavy atom. The minimum Gasteiger partial charge on any atom is -0.0952 e. The van der Waals surface area contributed by atoms with Crippen LogP contribution in [0.15, 0.2) is 116 Å². The zero-order chi connectivity index (χ0) is 22.9. The van der Waals surface area contributed by atoms with Crippen LogP contribution in [0.1, 0.15) is 44.6 Å². The van der Waals surface area contributed by atoms with Gasteiger partial charge in [0.2, 0.25) is 0 Å². The van der Waals surface area contributed by atoms with Crippen LogP contribution in [0.25, 0.3) is 16.7 Å². The molecule has 4 aromatic carbocycles. The Labute approximate surface area is 200 Å². The summed E-state index contributed by atoms with van der Waals surface area (Å²) in [6, 6.07) is 39.7. The highest BCUT2D eigenvalue weighted by Crippen LogP contribution is 2.39. The van der Waals surface area contributed by atoms with E-state index in [2.05, 4.69) is 123 Å². The highest BCUT2D eigenvalue weighted by atomic mass is 31.1. The lowest BCUT2D eigenvalue weighted by atomic mass is 9.92. The second-order valence-electron chi connectivity index (χ2n) is 8.48. The van der Waals surface area contributed by atoms with Crippen molar-refractivity contribution in [1.29, 1.82) is 0 Å². The summed E-state index contributed by atoms with van der Waals surface area (Å²) < 4.78 is 0. The number of unbranched alkanes of at least 4 members (excludes halogenated alkanes) is 3. The highest BCUT2D eigenvalue weighted by Gasteiger charge is 2.21. The van der Waals surface area contributed by atoms with E-state index < -0.39 is 7.92 Å². The molecular formula is C32H33P. The van der Waals surface area contributed by atoms with E-state index in [0.717, 1.165) is 6.42 Å². The molecule has 1 heteroatoms. The van der Waals surface area contributed by atoms with Gasteiger partial charge in [-0.2, -0.15) is 0 Å². The van der Waals surface area contributed by atoms with Crippen LogP contribution in [-0.4, -0.2) is 0 Å². The maximum Gasteiger partial charge on any atom is -0.00724 e. The first-order chi connectivity index (χ1) is 16.3. The van der Waals surface area contributed by atoms with Gasteiger partial charge in [-0.25, -0.2) is 0 Å². The molecule has 0 spiro atoms. The first-order valence-corrected chi connectivity index (χ1v) is 13.4. The molecule has 4 aromatic rings. The molecule has 0 radical (unpaired) electrons. The Balaban J connectivity index is 1.79. The van der Waals surface area contributed by atoms with Gasteiger partial charge in [-0.3, -0.25) is 0 Å². The summed E-state index contributed by atoms with van der Waals surface area (Å²) in [6.45, 7) is 6.77. The van der Waals surface area contributed by atoms with Gasteiger partial charge in [0, 0.05) is 0 Å². The average Bonchev–Trinajstić information content (AvgIpc) is 2.88. The Kier molecular flexibility index (Phi) is 8.29. The van der Waals surface area contributed by atoms with E-state index in [9.17, 15) is 0 Å². The molecule has 0 amide bonds. The van der Waals surface area contributed by atoms with Gasteiger partial charge in [0.15, 0.2) is 0 Å². The van der Waals surface area contributed by atoms with E-state index in [1.807, 2.05) is 0 Å². The lowest BCUT2D eigenvalue weighted by molar-refractivity contribution is 0.679. The van der Waals surface area contributed by atoms with Crippen molar-refractivity contribution in [3.05, 3.63) is 121 Å². The zero-order valence-electron chi connectivity index (χ0n) is 19.6. The molecule has 0 fully saturated rings. The number of hydrogen-bond donors (Lipinski definition) is 0. The third-order valence-corrected chi connectivity index (χ3v) is 8.60. The number of allylic oxidation sites excluding steroid dienone is 1. The molecule has 0 nitrogen and oxygen atoms in total. The SMILES string of the molecule is C=C(CCCCCC)c1ccccc1-c1ccccc1P(c1ccccc1)c1ccccc1. The van der Waals surface area contributed by atoms with Gasteiger partial charge in [0.1, 0.15) is 0 Å². The summed E-state index contributed by atoms with van der Waals surface area (Å²) in [5.74, 6) is 0. The molecule has 0 aliphatic carbocycles. The Bertz CT molecular complexity index is 1120. The van der Waals surface area contributed by atoms with Gasteiger partial charge in [0.05, 0.1) is 0 Å². The highest BCUT2D eigenvalue weighted by molar-refractivity contribution is 7.80. The monoisotopic (exact) mass is 448 g/mol. The summed E-state index contributed by atoms with van der Waals surface area (Å²) in [4.78, 5) is 0. The Morgan fingerprint density at radius 1 is 0.606 bits per heavy atom. The summed E-state index contributed by atoms with van der Waals surface area (Å²) in [5.41, 5.74) is 5.16. The van der Waals surface area contributed by atoms with Gasteiger partial charge >= 0.3 is 0 Å². The lowest BCUT2D eigenvalue weighted by Crippen LogP contribution is -2.22. The third kappa shape index (κ3) is 5.70. The van der Waals surface area contributed by atoms with Crippen molar-refractivity contribution in [3.63, 3.8) is 0 Å². The maximum absolute atomic E-state index is 4.50. The number of benzene rings is 4. The minimum atomic E-state index is -0.668. The van der Waals surface area contributed by atoms with Crippen LogP contribution in [0.4, 0.5) is 0 Å². The predicted molar refractivity (Wildman–Crippen MR) is 148 cm³/mol. The molecular weight excluding hydrogens is 415 g/mol. The third-order valence-electron chi connectivity index (χ3n) is 6.10. The molecule has 4 rings (SSSR count). The normalized spacial score (nSPS) is 11.0. The van der Waals surface area contributed by atoms with Gasteiger partial charge in [-0.15, -0.1) is 0 Å². The van der Waals surface area contributed by atoms with Gasteiger partial charge < -0.3 is 0 Å². The second-order valence-corrected chi connectivity index (χ2v) is 10.7. The minimum absolute atomic E-state index is 0.668. The molecule has 0 aromatic heterocycles. The second kappa shape index (κ2) is 11.8. The van der Waals surface area contributed by atoms with Crippen molar-refractivity contribution < 1.29 is 0 Å². The smallest absolute Gasteiger partial charge is 0.00724 e. The molecule has 0 atom stereocenters. The van der Waals surface area contributed by atoms with Crippen molar-refractivity contribution in [2.24, 2.45) is 0 Å². The van der Waals surface area contributed by atoms with Crippen molar-refractivity contribution in [3.8, 4) is 11.1 Å². The van der Waals surface area contributed by atoms with Crippen molar-refractivity contribution in [2.75, 3.05) is 0 Å². The van der Waals surface area contributed by atoms with Gasteiger partial charge in [0.25, 0.3) is 0 Å². The first kappa shape index (κ1) is 23.2. The molecule has 0 bridgehead atoms. The number of rotatable bonds is 10. The van der Waals surface area contributed by atoms with Crippen molar-refractivity contribution in [2.45, 2.75) is 39.0 Å². The van der Waals surface area contributed by atoms with Crippen LogP contribution in [0.3, 0.4) is 0 Å². The van der Waals surface area contributed by atoms with E-state index in [1.54, 1.807) is 0 Å². The van der Waals surface area contributed by atoms with E-state index in [1.165, 1.54) is 63.9 Å². The number of hydrogen-bond acceptors (Lipinski definition) is 0. The standard InChI is InChI=1S/C32H33P/c1-3-4-5-8-17-26(2)29-22-13-14-23-30(29)31-24-15-16-25-32(31)33(27-18-9-6-10-19-27)28-20-11-7-12-21-28/h6-7,9-16,18-25H,2-5,8,17H2,1H3. The zero-order valence-corrected chi connectivity index (χ0v) is 20.5. The van der Waals surface area contributed by atoms with Gasteiger partial charge in [-0.1, -0.05) is 142 Å². The molecule has 0 aliphatic heterocycles. The topological polar surface area (TPSA) is 0 Å². The van der Waals surface area contributed by atoms with E-state index >= 15 is 0 Å². The van der Waals surface area contributed by atoms with Crippen molar-refractivity contribution in [1.82, 2.24) is 0 Å². The van der Waals surface area contributed by atoms with Crippen LogP contribution in [-0.2, 0) is 0 Å². The summed E-state index contributed by atoms with van der Waals surface area (Å²) >= 11 is 0. The summed E-state index contributed by atoms with van der Waals surface area (Å²) in [5, 5.41) is 4.15. The molecule has 0 unspecified atom stereocenters. The maximum atomic E-state index is 4.50. The van der Waals surface area contributed by atoms with E-state index in [-0.39, 0.29) is 0 Å². The molecule has 0 saturated heterocycles. The average molecular weight is 449 g/mol. The fourth-order valence-corrected chi connectivity index (χ4v) is 6.87. The van der Waals surface area contributed by atoms with Crippen LogP contribution in [0.2, 0.25) is 0 Å². The largest absolute Gasteiger partial charge is 0.0952 e. The summed E-state index contributed by atoms with van der Waals surface area (Å²) in [6.07, 6.45) is 6.12. The van der Waals surface area contributed by atoms with Crippen LogP contribution < -0.4 is 15.9 Å². The summed E-state index contributed by atoms with van der Waals surface area (Å²) in [7, 11) is -0.668. The molecule has 33 heavy (non-hydrogen) atoms. The Hall–Kier alpha value is -2.95. The fraction of sp³-hybridized carbons (Fsp3) is 0.188. The fourth-order valence-electron chi connectivity index (χ4n) is 4.40. The molecule has 166 valence electrons. The Morgan fingerprint density at radius 2 is 1.15 bits per heavy atom.